The first-order chi connectivity index (χ1) is 11.7. The Bertz CT molecular complexity index is 709. The number of nitrogens with one attached hydrogen (secondary N) is 2. The molecule has 1 aliphatic carbocycles. The van der Waals surface area contributed by atoms with Crippen molar-refractivity contribution in [1.82, 2.24) is 10.6 Å². The minimum absolute atomic E-state index is 0.172. The highest BCUT2D eigenvalue weighted by atomic mass is 16.5. The molecular formula is C19H22N2O3. The molecule has 126 valence electrons. The molecule has 0 spiro atoms. The van der Waals surface area contributed by atoms with Gasteiger partial charge in [-0.05, 0) is 36.6 Å². The van der Waals surface area contributed by atoms with Crippen LogP contribution in [0.2, 0.25) is 0 Å². The lowest BCUT2D eigenvalue weighted by Crippen LogP contribution is -2.41. The van der Waals surface area contributed by atoms with Gasteiger partial charge in [0.1, 0.15) is 11.5 Å². The third-order valence-electron chi connectivity index (χ3n) is 4.38. The Kier molecular flexibility index (Phi) is 4.60. The van der Waals surface area contributed by atoms with Crippen LogP contribution in [0, 0.1) is 0 Å². The second-order valence-electron chi connectivity index (χ2n) is 5.93. The summed E-state index contributed by atoms with van der Waals surface area (Å²) in [6.07, 6.45) is 1.89. The fourth-order valence-corrected chi connectivity index (χ4v) is 2.81. The molecule has 1 saturated carbocycles. The molecule has 0 saturated heterocycles. The summed E-state index contributed by atoms with van der Waals surface area (Å²) in [6.45, 7) is 0.425. The highest BCUT2D eigenvalue weighted by molar-refractivity contribution is 5.75. The third kappa shape index (κ3) is 3.45. The molecule has 2 aromatic rings. The number of para-hydroxylation sites is 1. The lowest BCUT2D eigenvalue weighted by molar-refractivity contribution is 0.235. The molecule has 2 N–H and O–H groups in total. The van der Waals surface area contributed by atoms with Gasteiger partial charge in [0, 0.05) is 12.1 Å². The van der Waals surface area contributed by atoms with E-state index < -0.39 is 0 Å². The molecule has 3 rings (SSSR count). The van der Waals surface area contributed by atoms with Crippen LogP contribution in [0.4, 0.5) is 4.79 Å². The van der Waals surface area contributed by atoms with Gasteiger partial charge < -0.3 is 20.1 Å². The van der Waals surface area contributed by atoms with Crippen LogP contribution in [0.15, 0.2) is 48.5 Å². The van der Waals surface area contributed by atoms with Crippen LogP contribution >= 0.6 is 0 Å². The molecule has 0 heterocycles. The number of benzene rings is 2. The first kappa shape index (κ1) is 16.2. The summed E-state index contributed by atoms with van der Waals surface area (Å²) in [5.41, 5.74) is 1.80. The van der Waals surface area contributed by atoms with Gasteiger partial charge in [-0.2, -0.15) is 0 Å². The van der Waals surface area contributed by atoms with Gasteiger partial charge in [0.05, 0.1) is 19.8 Å². The smallest absolute Gasteiger partial charge is 0.315 e. The first-order valence-corrected chi connectivity index (χ1v) is 7.99. The summed E-state index contributed by atoms with van der Waals surface area (Å²) >= 11 is 0. The Morgan fingerprint density at radius 2 is 1.75 bits per heavy atom. The lowest BCUT2D eigenvalue weighted by atomic mass is 10.1. The van der Waals surface area contributed by atoms with Gasteiger partial charge in [-0.15, -0.1) is 0 Å². The van der Waals surface area contributed by atoms with Gasteiger partial charge in [-0.3, -0.25) is 0 Å². The molecule has 2 aromatic carbocycles. The van der Waals surface area contributed by atoms with Crippen molar-refractivity contribution in [3.8, 4) is 11.5 Å². The molecule has 0 unspecified atom stereocenters. The van der Waals surface area contributed by atoms with Crippen LogP contribution in [0.25, 0.3) is 0 Å². The zero-order valence-corrected chi connectivity index (χ0v) is 14.0. The fourth-order valence-electron chi connectivity index (χ4n) is 2.81. The third-order valence-corrected chi connectivity index (χ3v) is 4.38. The molecule has 0 bridgehead atoms. The normalized spacial score (nSPS) is 14.6. The summed E-state index contributed by atoms with van der Waals surface area (Å²) in [7, 11) is 3.27. The summed E-state index contributed by atoms with van der Waals surface area (Å²) in [5.74, 6) is 1.59. The average Bonchev–Trinajstić information content (AvgIpc) is 3.41. The monoisotopic (exact) mass is 326 g/mol. The number of methoxy groups -OCH3 is 2. The molecule has 24 heavy (non-hydrogen) atoms. The van der Waals surface area contributed by atoms with Crippen LogP contribution in [-0.2, 0) is 12.1 Å². The van der Waals surface area contributed by atoms with Crippen LogP contribution in [0.1, 0.15) is 24.0 Å². The van der Waals surface area contributed by atoms with Crippen LogP contribution in [0.3, 0.4) is 0 Å². The maximum absolute atomic E-state index is 12.3. The summed E-state index contributed by atoms with van der Waals surface area (Å²) in [6, 6.07) is 15.3. The standard InChI is InChI=1S/C19H22N2O3/c1-23-16-9-7-15(8-10-16)19(11-12-19)21-18(22)20-13-14-5-3-4-6-17(14)24-2/h3-10H,11-13H2,1-2H3,(H2,20,21,22). The highest BCUT2D eigenvalue weighted by Gasteiger charge is 2.45. The number of ether oxygens (including phenoxy) is 2. The SMILES string of the molecule is COc1ccc(C2(NC(=O)NCc3ccccc3OC)CC2)cc1. The minimum atomic E-state index is -0.253. The van der Waals surface area contributed by atoms with Gasteiger partial charge in [-0.25, -0.2) is 4.79 Å². The lowest BCUT2D eigenvalue weighted by Gasteiger charge is -2.19. The maximum Gasteiger partial charge on any atom is 0.315 e. The predicted octanol–water partition coefficient (Wildman–Crippen LogP) is 3.19. The zero-order chi connectivity index (χ0) is 17.0. The molecule has 5 nitrogen and oxygen atoms in total. The van der Waals surface area contributed by atoms with E-state index in [1.165, 1.54) is 0 Å². The number of hydrogen-bond acceptors (Lipinski definition) is 3. The van der Waals surface area contributed by atoms with E-state index in [0.717, 1.165) is 35.5 Å². The second-order valence-corrected chi connectivity index (χ2v) is 5.93. The van der Waals surface area contributed by atoms with Crippen molar-refractivity contribution in [2.45, 2.75) is 24.9 Å². The van der Waals surface area contributed by atoms with Crippen molar-refractivity contribution in [3.05, 3.63) is 59.7 Å². The number of amides is 2. The van der Waals surface area contributed by atoms with E-state index in [-0.39, 0.29) is 11.6 Å². The van der Waals surface area contributed by atoms with E-state index in [0.29, 0.717) is 6.54 Å². The fraction of sp³-hybridized carbons (Fsp3) is 0.316. The Labute approximate surface area is 142 Å². The van der Waals surface area contributed by atoms with Gasteiger partial charge in [0.15, 0.2) is 0 Å². The number of carbonyl (C=O) groups excluding carboxylic acids is 1. The Balaban J connectivity index is 1.60. The molecule has 1 aliphatic rings. The Morgan fingerprint density at radius 3 is 2.38 bits per heavy atom. The van der Waals surface area contributed by atoms with E-state index in [1.807, 2.05) is 48.5 Å². The van der Waals surface area contributed by atoms with E-state index in [1.54, 1.807) is 14.2 Å². The second kappa shape index (κ2) is 6.83. The average molecular weight is 326 g/mol. The van der Waals surface area contributed by atoms with Gasteiger partial charge in [-0.1, -0.05) is 30.3 Å². The van der Waals surface area contributed by atoms with Crippen molar-refractivity contribution >= 4 is 6.03 Å². The number of hydrogen-bond donors (Lipinski definition) is 2. The number of carbonyl (C=O) groups is 1. The molecule has 5 heteroatoms. The van der Waals surface area contributed by atoms with Crippen molar-refractivity contribution in [1.29, 1.82) is 0 Å². The Morgan fingerprint density at radius 1 is 1.04 bits per heavy atom. The van der Waals surface area contributed by atoms with E-state index >= 15 is 0 Å². The topological polar surface area (TPSA) is 59.6 Å². The summed E-state index contributed by atoms with van der Waals surface area (Å²) in [5, 5.41) is 6.00. The quantitative estimate of drug-likeness (QED) is 0.857. The molecule has 1 fully saturated rings. The van der Waals surface area contributed by atoms with Crippen LogP contribution < -0.4 is 20.1 Å². The van der Waals surface area contributed by atoms with Gasteiger partial charge in [0.25, 0.3) is 0 Å². The number of rotatable bonds is 6. The number of urea groups is 1. The van der Waals surface area contributed by atoms with Gasteiger partial charge in [0.2, 0.25) is 0 Å². The van der Waals surface area contributed by atoms with Crippen LogP contribution in [-0.4, -0.2) is 20.3 Å². The molecule has 0 radical (unpaired) electrons. The van der Waals surface area contributed by atoms with Gasteiger partial charge >= 0.3 is 6.03 Å². The van der Waals surface area contributed by atoms with Crippen molar-refractivity contribution in [2.24, 2.45) is 0 Å². The zero-order valence-electron chi connectivity index (χ0n) is 14.0. The largest absolute Gasteiger partial charge is 0.497 e. The van der Waals surface area contributed by atoms with E-state index in [9.17, 15) is 4.79 Å². The summed E-state index contributed by atoms with van der Waals surface area (Å²) < 4.78 is 10.5. The van der Waals surface area contributed by atoms with E-state index in [2.05, 4.69) is 10.6 Å². The van der Waals surface area contributed by atoms with Crippen molar-refractivity contribution in [2.75, 3.05) is 14.2 Å². The molecular weight excluding hydrogens is 304 g/mol. The van der Waals surface area contributed by atoms with Crippen molar-refractivity contribution < 1.29 is 14.3 Å². The van der Waals surface area contributed by atoms with E-state index in [4.69, 9.17) is 9.47 Å². The Hall–Kier alpha value is -2.69. The predicted molar refractivity (Wildman–Crippen MR) is 92.3 cm³/mol. The van der Waals surface area contributed by atoms with Crippen LogP contribution in [0.5, 0.6) is 11.5 Å². The first-order valence-electron chi connectivity index (χ1n) is 7.99. The molecule has 0 aliphatic heterocycles. The molecule has 0 aromatic heterocycles. The highest BCUT2D eigenvalue weighted by Crippen LogP contribution is 2.45. The van der Waals surface area contributed by atoms with Crippen molar-refractivity contribution in [3.63, 3.8) is 0 Å². The maximum atomic E-state index is 12.3. The summed E-state index contributed by atoms with van der Waals surface area (Å²) in [4.78, 5) is 12.3. The molecule has 0 atom stereocenters. The minimum Gasteiger partial charge on any atom is -0.497 e. The molecule has 2 amide bonds.